The van der Waals surface area contributed by atoms with Gasteiger partial charge in [0, 0.05) is 13.6 Å². The summed E-state index contributed by atoms with van der Waals surface area (Å²) in [5.74, 6) is -0.230. The lowest BCUT2D eigenvalue weighted by Crippen LogP contribution is -2.14. The van der Waals surface area contributed by atoms with Gasteiger partial charge in [0.1, 0.15) is 5.82 Å². The zero-order valence-corrected chi connectivity index (χ0v) is 13.9. The van der Waals surface area contributed by atoms with Crippen LogP contribution in [0.3, 0.4) is 0 Å². The molecular weight excluding hydrogens is 299 g/mol. The lowest BCUT2D eigenvalue weighted by atomic mass is 10.0. The highest BCUT2D eigenvalue weighted by Crippen LogP contribution is 2.31. The molecule has 0 fully saturated rings. The molecule has 0 spiro atoms. The van der Waals surface area contributed by atoms with Gasteiger partial charge in [0.05, 0.1) is 17.0 Å². The smallest absolute Gasteiger partial charge is 0.123 e. The molecule has 0 bridgehead atoms. The Kier molecular flexibility index (Phi) is 5.56. The third kappa shape index (κ3) is 4.31. The Morgan fingerprint density at radius 1 is 1.23 bits per heavy atom. The van der Waals surface area contributed by atoms with E-state index in [1.807, 2.05) is 31.0 Å². The third-order valence-electron chi connectivity index (χ3n) is 3.47. The van der Waals surface area contributed by atoms with Crippen molar-refractivity contribution in [3.63, 3.8) is 0 Å². The molecule has 0 saturated carbocycles. The highest BCUT2D eigenvalue weighted by molar-refractivity contribution is 6.33. The summed E-state index contributed by atoms with van der Waals surface area (Å²) in [6.07, 6.45) is 2.44. The van der Waals surface area contributed by atoms with Crippen LogP contribution in [0.2, 0.25) is 5.02 Å². The molecule has 2 aromatic carbocycles. The normalized spacial score (nSPS) is 11.1. The molecule has 0 aliphatic rings. The van der Waals surface area contributed by atoms with E-state index in [1.165, 1.54) is 12.1 Å². The van der Waals surface area contributed by atoms with Crippen LogP contribution < -0.4 is 0 Å². The van der Waals surface area contributed by atoms with Gasteiger partial charge in [-0.1, -0.05) is 29.8 Å². The highest BCUT2D eigenvalue weighted by atomic mass is 35.5. The maximum absolute atomic E-state index is 13.0. The van der Waals surface area contributed by atoms with E-state index >= 15 is 0 Å². The van der Waals surface area contributed by atoms with Gasteiger partial charge in [-0.25, -0.2) is 9.38 Å². The van der Waals surface area contributed by atoms with Crippen LogP contribution >= 0.6 is 11.6 Å². The van der Waals surface area contributed by atoms with Gasteiger partial charge in [0.25, 0.3) is 0 Å². The fourth-order valence-corrected chi connectivity index (χ4v) is 2.34. The summed E-state index contributed by atoms with van der Waals surface area (Å²) in [5.41, 5.74) is 3.89. The van der Waals surface area contributed by atoms with Crippen LogP contribution in [0.5, 0.6) is 0 Å². The molecule has 0 unspecified atom stereocenters. The highest BCUT2D eigenvalue weighted by Gasteiger charge is 2.08. The molecule has 0 heterocycles. The molecule has 0 aliphatic heterocycles. The second-order valence-electron chi connectivity index (χ2n) is 5.38. The van der Waals surface area contributed by atoms with Gasteiger partial charge in [0.2, 0.25) is 0 Å². The SMILES string of the molecule is CCN(C)C=Nc1cc(C)cc(Cc2ccc(F)cc2)c1Cl. The van der Waals surface area contributed by atoms with Crippen molar-refractivity contribution in [1.82, 2.24) is 4.90 Å². The topological polar surface area (TPSA) is 15.6 Å². The minimum absolute atomic E-state index is 0.230. The first-order chi connectivity index (χ1) is 10.5. The average molecular weight is 319 g/mol. The molecule has 0 radical (unpaired) electrons. The number of benzene rings is 2. The van der Waals surface area contributed by atoms with Crippen molar-refractivity contribution >= 4 is 23.6 Å². The van der Waals surface area contributed by atoms with E-state index in [9.17, 15) is 4.39 Å². The molecule has 2 nitrogen and oxygen atoms in total. The number of aliphatic imine (C=N–C) groups is 1. The van der Waals surface area contributed by atoms with Crippen LogP contribution in [0.25, 0.3) is 0 Å². The van der Waals surface area contributed by atoms with Crippen molar-refractivity contribution in [2.24, 2.45) is 4.99 Å². The molecule has 0 amide bonds. The largest absolute Gasteiger partial charge is 0.366 e. The van der Waals surface area contributed by atoms with Crippen molar-refractivity contribution < 1.29 is 4.39 Å². The van der Waals surface area contributed by atoms with Gasteiger partial charge in [-0.05, 0) is 55.2 Å². The maximum atomic E-state index is 13.0. The lowest BCUT2D eigenvalue weighted by molar-refractivity contribution is 0.552. The van der Waals surface area contributed by atoms with Crippen LogP contribution in [0.1, 0.15) is 23.6 Å². The van der Waals surface area contributed by atoms with Crippen molar-refractivity contribution in [1.29, 1.82) is 0 Å². The fourth-order valence-electron chi connectivity index (χ4n) is 2.11. The van der Waals surface area contributed by atoms with E-state index in [-0.39, 0.29) is 5.82 Å². The van der Waals surface area contributed by atoms with Crippen LogP contribution in [-0.2, 0) is 6.42 Å². The first kappa shape index (κ1) is 16.5. The molecular formula is C18H20ClFN2. The van der Waals surface area contributed by atoms with E-state index in [2.05, 4.69) is 11.9 Å². The lowest BCUT2D eigenvalue weighted by Gasteiger charge is -2.11. The Morgan fingerprint density at radius 3 is 2.55 bits per heavy atom. The van der Waals surface area contributed by atoms with E-state index in [0.29, 0.717) is 11.4 Å². The summed E-state index contributed by atoms with van der Waals surface area (Å²) in [4.78, 5) is 6.45. The Labute approximate surface area is 136 Å². The van der Waals surface area contributed by atoms with Crippen LogP contribution in [0.15, 0.2) is 41.4 Å². The molecule has 0 aliphatic carbocycles. The molecule has 2 aromatic rings. The predicted octanol–water partition coefficient (Wildman–Crippen LogP) is 4.99. The van der Waals surface area contributed by atoms with Crippen molar-refractivity contribution in [2.75, 3.05) is 13.6 Å². The maximum Gasteiger partial charge on any atom is 0.123 e. The predicted molar refractivity (Wildman–Crippen MR) is 91.9 cm³/mol. The van der Waals surface area contributed by atoms with Crippen molar-refractivity contribution in [3.8, 4) is 0 Å². The summed E-state index contributed by atoms with van der Waals surface area (Å²) in [7, 11) is 1.96. The molecule has 116 valence electrons. The summed E-state index contributed by atoms with van der Waals surface area (Å²) < 4.78 is 13.0. The molecule has 22 heavy (non-hydrogen) atoms. The zero-order valence-electron chi connectivity index (χ0n) is 13.1. The summed E-state index contributed by atoms with van der Waals surface area (Å²) in [5, 5.41) is 0.649. The molecule has 0 N–H and O–H groups in total. The standard InChI is InChI=1S/C18H20ClFN2/c1-4-22(3)12-21-17-10-13(2)9-15(18(17)19)11-14-5-7-16(20)8-6-14/h5-10,12H,4,11H2,1-3H3. The second-order valence-corrected chi connectivity index (χ2v) is 5.76. The summed E-state index contributed by atoms with van der Waals surface area (Å²) >= 11 is 6.48. The molecule has 2 rings (SSSR count). The van der Waals surface area contributed by atoms with Crippen LogP contribution in [-0.4, -0.2) is 24.8 Å². The molecule has 0 atom stereocenters. The number of hydrogen-bond donors (Lipinski definition) is 0. The number of halogens is 2. The second kappa shape index (κ2) is 7.41. The Morgan fingerprint density at radius 2 is 1.91 bits per heavy atom. The quantitative estimate of drug-likeness (QED) is 0.560. The number of nitrogens with zero attached hydrogens (tertiary/aromatic N) is 2. The van der Waals surface area contributed by atoms with Gasteiger partial charge in [0.15, 0.2) is 0 Å². The Bertz CT molecular complexity index is 666. The van der Waals surface area contributed by atoms with Crippen molar-refractivity contribution in [2.45, 2.75) is 20.3 Å². The fraction of sp³-hybridized carbons (Fsp3) is 0.278. The van der Waals surface area contributed by atoms with E-state index in [1.54, 1.807) is 18.5 Å². The van der Waals surface area contributed by atoms with E-state index < -0.39 is 0 Å². The van der Waals surface area contributed by atoms with Gasteiger partial charge in [-0.15, -0.1) is 0 Å². The monoisotopic (exact) mass is 318 g/mol. The average Bonchev–Trinajstić information content (AvgIpc) is 2.50. The van der Waals surface area contributed by atoms with Crippen LogP contribution in [0.4, 0.5) is 10.1 Å². The number of hydrogen-bond acceptors (Lipinski definition) is 1. The summed E-state index contributed by atoms with van der Waals surface area (Å²) in [6, 6.07) is 10.5. The molecule has 0 saturated heterocycles. The minimum Gasteiger partial charge on any atom is -0.366 e. The molecule has 4 heteroatoms. The van der Waals surface area contributed by atoms with E-state index in [4.69, 9.17) is 11.6 Å². The minimum atomic E-state index is -0.230. The van der Waals surface area contributed by atoms with Gasteiger partial charge in [-0.2, -0.15) is 0 Å². The number of aryl methyl sites for hydroxylation is 1. The van der Waals surface area contributed by atoms with Gasteiger partial charge in [-0.3, -0.25) is 0 Å². The van der Waals surface area contributed by atoms with Crippen molar-refractivity contribution in [3.05, 3.63) is 63.9 Å². The van der Waals surface area contributed by atoms with Gasteiger partial charge >= 0.3 is 0 Å². The van der Waals surface area contributed by atoms with E-state index in [0.717, 1.165) is 28.9 Å². The van der Waals surface area contributed by atoms with Gasteiger partial charge < -0.3 is 4.90 Å². The Hall–Kier alpha value is -1.87. The zero-order chi connectivity index (χ0) is 16.1. The molecule has 0 aromatic heterocycles. The van der Waals surface area contributed by atoms with Crippen LogP contribution in [0, 0.1) is 12.7 Å². The first-order valence-electron chi connectivity index (χ1n) is 7.27. The third-order valence-corrected chi connectivity index (χ3v) is 3.91. The Balaban J connectivity index is 2.30. The first-order valence-corrected chi connectivity index (χ1v) is 7.65. The summed E-state index contributed by atoms with van der Waals surface area (Å²) in [6.45, 7) is 4.96. The number of rotatable bonds is 5.